The van der Waals surface area contributed by atoms with E-state index in [1.807, 2.05) is 0 Å². The van der Waals surface area contributed by atoms with Crippen molar-refractivity contribution in [3.63, 3.8) is 0 Å². The van der Waals surface area contributed by atoms with Crippen LogP contribution >= 0.6 is 0 Å². The summed E-state index contributed by atoms with van der Waals surface area (Å²) in [7, 11) is 0. The Labute approximate surface area is 269 Å². The molecule has 0 atom stereocenters. The molecule has 0 saturated carbocycles. The van der Waals surface area contributed by atoms with Crippen LogP contribution in [-0.4, -0.2) is 0 Å². The molecule has 0 spiro atoms. The van der Waals surface area contributed by atoms with Crippen LogP contribution < -0.4 is 24.8 Å². The van der Waals surface area contributed by atoms with Gasteiger partial charge in [-0.2, -0.15) is 0 Å². The van der Waals surface area contributed by atoms with Crippen LogP contribution in [0.1, 0.15) is 44.3 Å². The van der Waals surface area contributed by atoms with Gasteiger partial charge >= 0.3 is 246 Å². The monoisotopic (exact) mass is 657 g/mol. The molecule has 8 rings (SSSR count). The van der Waals surface area contributed by atoms with Crippen molar-refractivity contribution in [2.24, 2.45) is 0 Å². The van der Waals surface area contributed by atoms with Crippen molar-refractivity contribution in [2.45, 2.75) is 10.9 Å². The van der Waals surface area contributed by atoms with Crippen LogP contribution in [0, 0.1) is 0 Å². The Morgan fingerprint density at radius 1 is 0.333 bits per heavy atom. The van der Waals surface area contributed by atoms with Crippen molar-refractivity contribution in [2.75, 3.05) is 0 Å². The number of hydrogen-bond donors (Lipinski definition) is 0. The fourth-order valence-electron chi connectivity index (χ4n) is 7.40. The first-order valence-corrected chi connectivity index (χ1v) is 18.5. The summed E-state index contributed by atoms with van der Waals surface area (Å²) in [6.07, 6.45) is 0. The first-order chi connectivity index (χ1) is 19.9. The predicted octanol–water partition coefficient (Wildman–Crippen LogP) is 3.94. The van der Waals surface area contributed by atoms with Gasteiger partial charge in [-0.25, -0.2) is 0 Å². The third-order valence-electron chi connectivity index (χ3n) is 8.93. The van der Waals surface area contributed by atoms with E-state index in [0.717, 1.165) is 0 Å². The van der Waals surface area contributed by atoms with E-state index in [1.165, 1.54) is 55.6 Å². The van der Waals surface area contributed by atoms with E-state index in [4.69, 9.17) is 0 Å². The number of rotatable bonds is 5. The fourth-order valence-corrected chi connectivity index (χ4v) is 18.7. The molecule has 6 aromatic carbocycles. The van der Waals surface area contributed by atoms with Gasteiger partial charge in [0.2, 0.25) is 0 Å². The number of halogens is 2. The second-order valence-electron chi connectivity index (χ2n) is 11.0. The number of benzene rings is 6. The van der Waals surface area contributed by atoms with Crippen molar-refractivity contribution in [1.29, 1.82) is 0 Å². The van der Waals surface area contributed by atoms with Gasteiger partial charge in [0.25, 0.3) is 0 Å². The molecule has 0 bridgehead atoms. The molecule has 42 heavy (non-hydrogen) atoms. The Kier molecular flexibility index (Phi) is 8.38. The molecule has 0 aliphatic heterocycles. The Hall–Kier alpha value is -3.22. The van der Waals surface area contributed by atoms with E-state index in [-0.39, 0.29) is 24.8 Å². The minimum absolute atomic E-state index is 0. The molecular formula is C39H29Cl2Zr. The molecule has 3 heteroatoms. The minimum atomic E-state index is -2.74. The van der Waals surface area contributed by atoms with Crippen molar-refractivity contribution in [3.8, 4) is 22.3 Å². The van der Waals surface area contributed by atoms with Crippen LogP contribution in [0.3, 0.4) is 0 Å². The molecule has 0 unspecified atom stereocenters. The molecule has 203 valence electrons. The van der Waals surface area contributed by atoms with Gasteiger partial charge in [-0.15, -0.1) is 0 Å². The average molecular weight is 660 g/mol. The maximum absolute atomic E-state index is 2.74. The molecule has 2 aliphatic rings. The van der Waals surface area contributed by atoms with Crippen LogP contribution in [-0.2, 0) is 21.8 Å². The summed E-state index contributed by atoms with van der Waals surface area (Å²) in [6, 6.07) is 59.8. The molecule has 0 radical (unpaired) electrons. The summed E-state index contributed by atoms with van der Waals surface area (Å²) in [4.78, 5) is 0. The molecule has 6 aromatic rings. The van der Waals surface area contributed by atoms with Crippen LogP contribution in [0.5, 0.6) is 0 Å². The van der Waals surface area contributed by atoms with Gasteiger partial charge in [0.15, 0.2) is 0 Å². The molecule has 0 nitrogen and oxygen atoms in total. The zero-order valence-corrected chi connectivity index (χ0v) is 27.0. The van der Waals surface area contributed by atoms with E-state index in [2.05, 4.69) is 158 Å². The van der Waals surface area contributed by atoms with Crippen LogP contribution in [0.4, 0.5) is 0 Å². The van der Waals surface area contributed by atoms with Gasteiger partial charge in [0, 0.05) is 0 Å². The Balaban J connectivity index is 0.00000158. The van der Waals surface area contributed by atoms with Gasteiger partial charge in [-0.3, -0.25) is 0 Å². The molecule has 0 N–H and O–H groups in total. The second-order valence-corrected chi connectivity index (χ2v) is 17.7. The summed E-state index contributed by atoms with van der Waals surface area (Å²) in [5.74, 6) is 0. The van der Waals surface area contributed by atoms with Crippen LogP contribution in [0.25, 0.3) is 22.3 Å². The van der Waals surface area contributed by atoms with Gasteiger partial charge < -0.3 is 24.8 Å². The molecule has 2 aliphatic carbocycles. The van der Waals surface area contributed by atoms with Crippen molar-refractivity contribution >= 4 is 0 Å². The molecule has 0 saturated heterocycles. The maximum atomic E-state index is 2.43. The first-order valence-electron chi connectivity index (χ1n) is 14.2. The molecule has 0 amide bonds. The fraction of sp³-hybridized carbons (Fsp3) is 0.0769. The zero-order chi connectivity index (χ0) is 26.5. The van der Waals surface area contributed by atoms with E-state index < -0.39 is 21.8 Å². The molecule has 0 fully saturated rings. The van der Waals surface area contributed by atoms with E-state index >= 15 is 0 Å². The molecular weight excluding hydrogens is 631 g/mol. The van der Waals surface area contributed by atoms with E-state index in [0.29, 0.717) is 10.9 Å². The van der Waals surface area contributed by atoms with Gasteiger partial charge in [-0.1, -0.05) is 0 Å². The van der Waals surface area contributed by atoms with Crippen molar-refractivity contribution in [1.82, 2.24) is 0 Å². The Morgan fingerprint density at radius 2 is 0.595 bits per heavy atom. The molecule has 0 aromatic heterocycles. The number of fused-ring (bicyclic) bond motifs is 6. The third kappa shape index (κ3) is 4.64. The standard InChI is InChI=1S/2C13H9.C13H11.2ClH.Zr/c2*1-3-7-12-10(5-1)9-11-6-2-4-8-13(11)12;1-3-7-12(8-4-1)11-13-9-5-2-6-10-13;;;/h2*1-9H;1-11H;2*1H;/q;;;;;+2/p-2. The topological polar surface area (TPSA) is 0 Å². The average Bonchev–Trinajstić information content (AvgIpc) is 3.54. The molecule has 0 heterocycles. The zero-order valence-electron chi connectivity index (χ0n) is 23.0. The summed E-state index contributed by atoms with van der Waals surface area (Å²) >= 11 is -2.74. The SMILES string of the molecule is [Cl-].[Cl-].c1ccc([CH](c2ccccc2)[Zr+2]([CH]2c3ccccc3-c3ccccc32)[CH]2c3ccccc3-c3ccccc32)cc1. The third-order valence-corrected chi connectivity index (χ3v) is 18.5. The van der Waals surface area contributed by atoms with Gasteiger partial charge in [0.1, 0.15) is 0 Å². The number of hydrogen-bond acceptors (Lipinski definition) is 0. The van der Waals surface area contributed by atoms with E-state index in [9.17, 15) is 0 Å². The first kappa shape index (κ1) is 28.9. The Bertz CT molecular complexity index is 1600. The van der Waals surface area contributed by atoms with E-state index in [1.54, 1.807) is 0 Å². The summed E-state index contributed by atoms with van der Waals surface area (Å²) in [5.41, 5.74) is 14.8. The van der Waals surface area contributed by atoms with Gasteiger partial charge in [-0.05, 0) is 0 Å². The van der Waals surface area contributed by atoms with Crippen LogP contribution in [0.15, 0.2) is 158 Å². The van der Waals surface area contributed by atoms with Gasteiger partial charge in [0.05, 0.1) is 0 Å². The quantitative estimate of drug-likeness (QED) is 0.263. The second kappa shape index (κ2) is 12.2. The van der Waals surface area contributed by atoms with Crippen LogP contribution in [0.2, 0.25) is 0 Å². The van der Waals surface area contributed by atoms with Crippen molar-refractivity contribution in [3.05, 3.63) is 191 Å². The summed E-state index contributed by atoms with van der Waals surface area (Å²) in [5, 5.41) is 0. The normalized spacial score (nSPS) is 12.9. The Morgan fingerprint density at radius 3 is 0.905 bits per heavy atom. The summed E-state index contributed by atoms with van der Waals surface area (Å²) < 4.78 is 1.30. The van der Waals surface area contributed by atoms with Crippen molar-refractivity contribution < 1.29 is 46.6 Å². The summed E-state index contributed by atoms with van der Waals surface area (Å²) in [6.45, 7) is 0. The predicted molar refractivity (Wildman–Crippen MR) is 162 cm³/mol.